The summed E-state index contributed by atoms with van der Waals surface area (Å²) in [7, 11) is 3.90. The van der Waals surface area contributed by atoms with E-state index in [1.165, 1.54) is 4.40 Å². The summed E-state index contributed by atoms with van der Waals surface area (Å²) in [5.74, 6) is -0.245. The van der Waals surface area contributed by atoms with Crippen LogP contribution in [0.5, 0.6) is 0 Å². The van der Waals surface area contributed by atoms with Gasteiger partial charge < -0.3 is 10.2 Å². The van der Waals surface area contributed by atoms with Gasteiger partial charge >= 0.3 is 0 Å². The van der Waals surface area contributed by atoms with E-state index in [9.17, 15) is 9.59 Å². The molecule has 5 aromatic rings. The minimum Gasteiger partial charge on any atom is -0.351 e. The zero-order valence-corrected chi connectivity index (χ0v) is 19.7. The summed E-state index contributed by atoms with van der Waals surface area (Å²) in [5, 5.41) is 3.41. The highest BCUT2D eigenvalue weighted by molar-refractivity contribution is 6.00. The van der Waals surface area contributed by atoms with Crippen molar-refractivity contribution in [3.8, 4) is 22.3 Å². The molecule has 0 spiro atoms. The molecule has 0 aliphatic heterocycles. The Kier molecular flexibility index (Phi) is 6.12. The lowest BCUT2D eigenvalue weighted by molar-refractivity contribution is 0.0952. The van der Waals surface area contributed by atoms with Crippen molar-refractivity contribution in [1.82, 2.24) is 19.6 Å². The van der Waals surface area contributed by atoms with Crippen LogP contribution in [0.4, 0.5) is 0 Å². The van der Waals surface area contributed by atoms with Gasteiger partial charge in [0.1, 0.15) is 0 Å². The number of amides is 1. The van der Waals surface area contributed by atoms with Crippen LogP contribution in [0, 0.1) is 0 Å². The topological polar surface area (TPSA) is 66.7 Å². The second-order valence-corrected chi connectivity index (χ2v) is 8.77. The lowest BCUT2D eigenvalue weighted by atomic mass is 9.98. The van der Waals surface area contributed by atoms with Gasteiger partial charge in [-0.2, -0.15) is 0 Å². The van der Waals surface area contributed by atoms with Crippen LogP contribution in [0.15, 0.2) is 95.9 Å². The summed E-state index contributed by atoms with van der Waals surface area (Å²) in [6.07, 6.45) is 1.66. The molecule has 1 N–H and O–H groups in total. The molecule has 0 fully saturated rings. The minimum absolute atomic E-state index is 0.200. The van der Waals surface area contributed by atoms with Crippen LogP contribution in [0.25, 0.3) is 38.8 Å². The van der Waals surface area contributed by atoms with Crippen molar-refractivity contribution in [2.75, 3.05) is 27.2 Å². The number of nitrogens with one attached hydrogen (secondary N) is 1. The molecule has 1 amide bonds. The van der Waals surface area contributed by atoms with E-state index in [0.717, 1.165) is 28.8 Å². The predicted octanol–water partition coefficient (Wildman–Crippen LogP) is 4.47. The molecule has 6 nitrogen and oxygen atoms in total. The number of aromatic nitrogens is 2. The predicted molar refractivity (Wildman–Crippen MR) is 141 cm³/mol. The van der Waals surface area contributed by atoms with Crippen molar-refractivity contribution >= 4 is 22.5 Å². The van der Waals surface area contributed by atoms with Crippen molar-refractivity contribution in [3.63, 3.8) is 0 Å². The van der Waals surface area contributed by atoms with Gasteiger partial charge in [0.05, 0.1) is 16.5 Å². The zero-order valence-electron chi connectivity index (χ0n) is 19.7. The van der Waals surface area contributed by atoms with Gasteiger partial charge in [0.2, 0.25) is 0 Å². The average Bonchev–Trinajstić information content (AvgIpc) is 2.89. The number of carbonyl (C=O) groups is 1. The van der Waals surface area contributed by atoms with E-state index in [4.69, 9.17) is 4.98 Å². The van der Waals surface area contributed by atoms with E-state index in [-0.39, 0.29) is 11.5 Å². The minimum atomic E-state index is -0.245. The van der Waals surface area contributed by atoms with Gasteiger partial charge in [0, 0.05) is 19.3 Å². The molecule has 2 aromatic heterocycles. The van der Waals surface area contributed by atoms with Crippen molar-refractivity contribution in [2.24, 2.45) is 0 Å². The third kappa shape index (κ3) is 4.56. The van der Waals surface area contributed by atoms with E-state index >= 15 is 0 Å². The zero-order chi connectivity index (χ0) is 24.4. The number of pyridine rings is 1. The smallest absolute Gasteiger partial charge is 0.265 e. The standard InChI is InChI=1S/C29H26N4O2/c1-32(2)17-15-30-28(34)24-12-7-16-33-27(24)31-26-14-13-23(19-25(26)29(33)35)22-11-6-10-21(18-22)20-8-4-3-5-9-20/h3-14,16,18-19H,15,17H2,1-2H3,(H,30,34). The maximum absolute atomic E-state index is 13.4. The first-order valence-corrected chi connectivity index (χ1v) is 11.6. The molecule has 0 radical (unpaired) electrons. The number of hydrogen-bond donors (Lipinski definition) is 1. The molecule has 0 bridgehead atoms. The molecular weight excluding hydrogens is 436 g/mol. The van der Waals surface area contributed by atoms with Gasteiger partial charge in [0.15, 0.2) is 5.65 Å². The molecule has 2 heterocycles. The van der Waals surface area contributed by atoms with E-state index in [0.29, 0.717) is 28.7 Å². The van der Waals surface area contributed by atoms with Gasteiger partial charge in [-0.25, -0.2) is 4.98 Å². The summed E-state index contributed by atoms with van der Waals surface area (Å²) in [4.78, 5) is 32.9. The first-order chi connectivity index (χ1) is 17.0. The molecular formula is C29H26N4O2. The molecule has 6 heteroatoms. The fraction of sp³-hybridized carbons (Fsp3) is 0.138. The molecule has 0 saturated heterocycles. The lowest BCUT2D eigenvalue weighted by Gasteiger charge is -2.12. The summed E-state index contributed by atoms with van der Waals surface area (Å²) >= 11 is 0. The Morgan fingerprint density at radius 1 is 0.857 bits per heavy atom. The quantitative estimate of drug-likeness (QED) is 0.378. The fourth-order valence-corrected chi connectivity index (χ4v) is 4.18. The number of likely N-dealkylation sites (N-methyl/N-ethyl adjacent to an activating group) is 1. The first kappa shape index (κ1) is 22.5. The van der Waals surface area contributed by atoms with Gasteiger partial charge in [0.25, 0.3) is 11.5 Å². The van der Waals surface area contributed by atoms with E-state index in [2.05, 4.69) is 29.6 Å². The van der Waals surface area contributed by atoms with Crippen LogP contribution in [0.2, 0.25) is 0 Å². The maximum Gasteiger partial charge on any atom is 0.265 e. The van der Waals surface area contributed by atoms with Gasteiger partial charge in [-0.05, 0) is 66.7 Å². The van der Waals surface area contributed by atoms with Crippen molar-refractivity contribution in [2.45, 2.75) is 0 Å². The summed E-state index contributed by atoms with van der Waals surface area (Å²) < 4.78 is 1.45. The van der Waals surface area contributed by atoms with Crippen molar-refractivity contribution < 1.29 is 4.79 Å². The van der Waals surface area contributed by atoms with Crippen LogP contribution < -0.4 is 10.9 Å². The number of hydrogen-bond acceptors (Lipinski definition) is 4. The normalized spacial score (nSPS) is 11.3. The molecule has 3 aromatic carbocycles. The van der Waals surface area contributed by atoms with Gasteiger partial charge in [-0.3, -0.25) is 14.0 Å². The monoisotopic (exact) mass is 462 g/mol. The Hall–Kier alpha value is -4.29. The molecule has 0 aliphatic carbocycles. The summed E-state index contributed by atoms with van der Waals surface area (Å²) in [5.41, 5.74) is 5.30. The largest absolute Gasteiger partial charge is 0.351 e. The maximum atomic E-state index is 13.4. The number of benzene rings is 3. The summed E-state index contributed by atoms with van der Waals surface area (Å²) in [6.45, 7) is 1.23. The molecule has 0 saturated carbocycles. The number of rotatable bonds is 6. The van der Waals surface area contributed by atoms with Gasteiger partial charge in [-0.1, -0.05) is 54.6 Å². The number of nitrogens with zero attached hydrogens (tertiary/aromatic N) is 3. The lowest BCUT2D eigenvalue weighted by Crippen LogP contribution is -2.32. The second-order valence-electron chi connectivity index (χ2n) is 8.77. The van der Waals surface area contributed by atoms with Gasteiger partial charge in [-0.15, -0.1) is 0 Å². The van der Waals surface area contributed by atoms with Crippen LogP contribution in [-0.2, 0) is 0 Å². The van der Waals surface area contributed by atoms with Crippen LogP contribution in [-0.4, -0.2) is 47.4 Å². The van der Waals surface area contributed by atoms with E-state index in [1.54, 1.807) is 18.3 Å². The van der Waals surface area contributed by atoms with Crippen molar-refractivity contribution in [1.29, 1.82) is 0 Å². The Morgan fingerprint density at radius 2 is 1.57 bits per heavy atom. The highest BCUT2D eigenvalue weighted by atomic mass is 16.2. The SMILES string of the molecule is CN(C)CCNC(=O)c1cccn2c(=O)c3cc(-c4cccc(-c5ccccc5)c4)ccc3nc12. The molecule has 0 aliphatic rings. The molecule has 5 rings (SSSR count). The Balaban J connectivity index is 1.56. The third-order valence-electron chi connectivity index (χ3n) is 6.03. The molecule has 0 unspecified atom stereocenters. The molecule has 0 atom stereocenters. The second kappa shape index (κ2) is 9.52. The van der Waals surface area contributed by atoms with Crippen LogP contribution >= 0.6 is 0 Å². The average molecular weight is 463 g/mol. The van der Waals surface area contributed by atoms with E-state index < -0.39 is 0 Å². The molecule has 174 valence electrons. The Morgan fingerprint density at radius 3 is 2.34 bits per heavy atom. The highest BCUT2D eigenvalue weighted by Gasteiger charge is 2.15. The third-order valence-corrected chi connectivity index (χ3v) is 6.03. The Bertz CT molecular complexity index is 1590. The highest BCUT2D eigenvalue weighted by Crippen LogP contribution is 2.28. The van der Waals surface area contributed by atoms with Crippen molar-refractivity contribution in [3.05, 3.63) is 107 Å². The molecule has 35 heavy (non-hydrogen) atoms. The summed E-state index contributed by atoms with van der Waals surface area (Å²) in [6, 6.07) is 27.6. The number of carbonyl (C=O) groups excluding carboxylic acids is 1. The van der Waals surface area contributed by atoms with Crippen LogP contribution in [0.1, 0.15) is 10.4 Å². The number of fused-ring (bicyclic) bond motifs is 2. The fourth-order valence-electron chi connectivity index (χ4n) is 4.18. The Labute approximate surface area is 203 Å². The van der Waals surface area contributed by atoms with Crippen LogP contribution in [0.3, 0.4) is 0 Å². The first-order valence-electron chi connectivity index (χ1n) is 11.6. The van der Waals surface area contributed by atoms with E-state index in [1.807, 2.05) is 67.5 Å².